The number of carbonyl (C=O) groups is 1. The lowest BCUT2D eigenvalue weighted by atomic mass is 10.2. The van der Waals surface area contributed by atoms with Crippen molar-refractivity contribution in [3.05, 3.63) is 78.9 Å². The average molecular weight is 330 g/mol. The molecule has 0 spiro atoms. The fourth-order valence-corrected chi connectivity index (χ4v) is 2.49. The molecule has 1 amide bonds. The second-order valence-corrected chi connectivity index (χ2v) is 5.38. The predicted molar refractivity (Wildman–Crippen MR) is 94.8 cm³/mol. The van der Waals surface area contributed by atoms with E-state index in [4.69, 9.17) is 4.74 Å². The summed E-state index contributed by atoms with van der Waals surface area (Å²) in [7, 11) is 0. The smallest absolute Gasteiger partial charge is 0.261 e. The molecule has 3 aromatic heterocycles. The van der Waals surface area contributed by atoms with Crippen LogP contribution in [-0.4, -0.2) is 20.9 Å². The standard InChI is InChI=1S/C19H14N4O2/c24-18(23-14-5-6-17-13(11-14)7-10-21-17)16-4-2-9-22-19(16)25-15-3-1-8-20-12-15/h1-12,21H,(H,23,24). The Kier molecular flexibility index (Phi) is 3.84. The first-order valence-electron chi connectivity index (χ1n) is 7.71. The molecule has 3 heterocycles. The van der Waals surface area contributed by atoms with Gasteiger partial charge in [0.1, 0.15) is 11.3 Å². The van der Waals surface area contributed by atoms with Crippen LogP contribution in [0.4, 0.5) is 5.69 Å². The minimum Gasteiger partial charge on any atom is -0.437 e. The number of benzene rings is 1. The zero-order valence-electron chi connectivity index (χ0n) is 13.1. The zero-order valence-corrected chi connectivity index (χ0v) is 13.1. The van der Waals surface area contributed by atoms with E-state index in [1.807, 2.05) is 30.5 Å². The first kappa shape index (κ1) is 14.9. The van der Waals surface area contributed by atoms with Gasteiger partial charge in [0.2, 0.25) is 5.88 Å². The molecule has 4 rings (SSSR count). The average Bonchev–Trinajstić information content (AvgIpc) is 3.11. The minimum atomic E-state index is -0.290. The van der Waals surface area contributed by atoms with Crippen molar-refractivity contribution < 1.29 is 9.53 Å². The molecule has 25 heavy (non-hydrogen) atoms. The van der Waals surface area contributed by atoms with Crippen LogP contribution in [0.1, 0.15) is 10.4 Å². The van der Waals surface area contributed by atoms with Crippen molar-refractivity contribution in [1.29, 1.82) is 0 Å². The van der Waals surface area contributed by atoms with Gasteiger partial charge in [-0.1, -0.05) is 0 Å². The van der Waals surface area contributed by atoms with E-state index in [1.54, 1.807) is 42.9 Å². The van der Waals surface area contributed by atoms with Crippen LogP contribution >= 0.6 is 0 Å². The van der Waals surface area contributed by atoms with E-state index in [0.717, 1.165) is 10.9 Å². The van der Waals surface area contributed by atoms with E-state index >= 15 is 0 Å². The van der Waals surface area contributed by atoms with Crippen LogP contribution in [0, 0.1) is 0 Å². The number of aromatic amines is 1. The van der Waals surface area contributed by atoms with Crippen LogP contribution in [-0.2, 0) is 0 Å². The predicted octanol–water partition coefficient (Wildman–Crippen LogP) is 4.00. The third-order valence-corrected chi connectivity index (χ3v) is 3.68. The number of amides is 1. The van der Waals surface area contributed by atoms with Gasteiger partial charge in [0, 0.05) is 35.2 Å². The van der Waals surface area contributed by atoms with Gasteiger partial charge in [-0.25, -0.2) is 4.98 Å². The molecule has 2 N–H and O–H groups in total. The lowest BCUT2D eigenvalue weighted by molar-refractivity contribution is 0.102. The van der Waals surface area contributed by atoms with Gasteiger partial charge >= 0.3 is 0 Å². The quantitative estimate of drug-likeness (QED) is 0.592. The number of H-pyrrole nitrogens is 1. The molecule has 6 nitrogen and oxygen atoms in total. The van der Waals surface area contributed by atoms with Gasteiger partial charge < -0.3 is 15.0 Å². The highest BCUT2D eigenvalue weighted by atomic mass is 16.5. The molecule has 122 valence electrons. The molecule has 0 unspecified atom stereocenters. The molecule has 6 heteroatoms. The highest BCUT2D eigenvalue weighted by Gasteiger charge is 2.15. The number of rotatable bonds is 4. The van der Waals surface area contributed by atoms with Crippen LogP contribution in [0.3, 0.4) is 0 Å². The molecule has 0 fully saturated rings. The highest BCUT2D eigenvalue weighted by Crippen LogP contribution is 2.24. The van der Waals surface area contributed by atoms with E-state index < -0.39 is 0 Å². The summed E-state index contributed by atoms with van der Waals surface area (Å²) < 4.78 is 5.69. The number of pyridine rings is 2. The molecule has 0 atom stereocenters. The van der Waals surface area contributed by atoms with Gasteiger partial charge in [0.05, 0.1) is 6.20 Å². The van der Waals surface area contributed by atoms with Crippen molar-refractivity contribution >= 4 is 22.5 Å². The van der Waals surface area contributed by atoms with E-state index in [-0.39, 0.29) is 11.8 Å². The molecule has 4 aromatic rings. The van der Waals surface area contributed by atoms with E-state index in [1.165, 1.54) is 0 Å². The minimum absolute atomic E-state index is 0.232. The number of nitrogens with zero attached hydrogens (tertiary/aromatic N) is 2. The fraction of sp³-hybridized carbons (Fsp3) is 0. The molecule has 0 aliphatic carbocycles. The number of aromatic nitrogens is 3. The Morgan fingerprint density at radius 3 is 2.88 bits per heavy atom. The fourth-order valence-electron chi connectivity index (χ4n) is 2.49. The third-order valence-electron chi connectivity index (χ3n) is 3.68. The van der Waals surface area contributed by atoms with Gasteiger partial charge in [-0.15, -0.1) is 0 Å². The second-order valence-electron chi connectivity index (χ2n) is 5.38. The zero-order chi connectivity index (χ0) is 17.1. The number of hydrogen-bond donors (Lipinski definition) is 2. The molecule has 0 saturated carbocycles. The largest absolute Gasteiger partial charge is 0.437 e. The van der Waals surface area contributed by atoms with Crippen molar-refractivity contribution in [2.24, 2.45) is 0 Å². The van der Waals surface area contributed by atoms with Crippen molar-refractivity contribution in [2.45, 2.75) is 0 Å². The number of hydrogen-bond acceptors (Lipinski definition) is 4. The summed E-state index contributed by atoms with van der Waals surface area (Å²) in [6, 6.07) is 14.5. The molecule has 0 saturated heterocycles. The SMILES string of the molecule is O=C(Nc1ccc2[nH]ccc2c1)c1cccnc1Oc1cccnc1. The van der Waals surface area contributed by atoms with Crippen LogP contribution < -0.4 is 10.1 Å². The Morgan fingerprint density at radius 1 is 1.08 bits per heavy atom. The van der Waals surface area contributed by atoms with Crippen LogP contribution in [0.15, 0.2) is 73.3 Å². The Hall–Kier alpha value is -3.67. The second kappa shape index (κ2) is 6.45. The first-order chi connectivity index (χ1) is 12.3. The maximum Gasteiger partial charge on any atom is 0.261 e. The number of fused-ring (bicyclic) bond motifs is 1. The number of ether oxygens (including phenoxy) is 1. The maximum atomic E-state index is 12.6. The summed E-state index contributed by atoms with van der Waals surface area (Å²) in [5.41, 5.74) is 2.06. The number of nitrogens with one attached hydrogen (secondary N) is 2. The lowest BCUT2D eigenvalue weighted by Crippen LogP contribution is -2.13. The Morgan fingerprint density at radius 2 is 2.00 bits per heavy atom. The van der Waals surface area contributed by atoms with Gasteiger partial charge in [-0.3, -0.25) is 9.78 Å². The van der Waals surface area contributed by atoms with Crippen LogP contribution in [0.25, 0.3) is 10.9 Å². The van der Waals surface area contributed by atoms with Crippen LogP contribution in [0.2, 0.25) is 0 Å². The molecule has 0 radical (unpaired) electrons. The maximum absolute atomic E-state index is 12.6. The lowest BCUT2D eigenvalue weighted by Gasteiger charge is -2.10. The van der Waals surface area contributed by atoms with Crippen LogP contribution in [0.5, 0.6) is 11.6 Å². The number of anilines is 1. The molecular formula is C19H14N4O2. The molecule has 1 aromatic carbocycles. The summed E-state index contributed by atoms with van der Waals surface area (Å²) in [5.74, 6) is 0.460. The summed E-state index contributed by atoms with van der Waals surface area (Å²) in [6.45, 7) is 0. The van der Waals surface area contributed by atoms with Crippen molar-refractivity contribution in [3.8, 4) is 11.6 Å². The van der Waals surface area contributed by atoms with E-state index in [2.05, 4.69) is 20.3 Å². The topological polar surface area (TPSA) is 79.9 Å². The van der Waals surface area contributed by atoms with Gasteiger partial charge in [-0.2, -0.15) is 0 Å². The highest BCUT2D eigenvalue weighted by molar-refractivity contribution is 6.06. The third kappa shape index (κ3) is 3.18. The monoisotopic (exact) mass is 330 g/mol. The Bertz CT molecular complexity index is 1030. The molecule has 0 aliphatic heterocycles. The Balaban J connectivity index is 1.59. The summed E-state index contributed by atoms with van der Waals surface area (Å²) in [4.78, 5) is 23.9. The van der Waals surface area contributed by atoms with E-state index in [9.17, 15) is 4.79 Å². The van der Waals surface area contributed by atoms with Crippen molar-refractivity contribution in [3.63, 3.8) is 0 Å². The normalized spacial score (nSPS) is 10.6. The molecule has 0 bridgehead atoms. The Labute approximate surface area is 143 Å². The number of carbonyl (C=O) groups excluding carboxylic acids is 1. The van der Waals surface area contributed by atoms with Crippen molar-refractivity contribution in [1.82, 2.24) is 15.0 Å². The molecule has 0 aliphatic rings. The van der Waals surface area contributed by atoms with Gasteiger partial charge in [0.15, 0.2) is 0 Å². The van der Waals surface area contributed by atoms with E-state index in [0.29, 0.717) is 17.0 Å². The van der Waals surface area contributed by atoms with Crippen molar-refractivity contribution in [2.75, 3.05) is 5.32 Å². The summed E-state index contributed by atoms with van der Waals surface area (Å²) in [6.07, 6.45) is 6.65. The summed E-state index contributed by atoms with van der Waals surface area (Å²) >= 11 is 0. The van der Waals surface area contributed by atoms with Gasteiger partial charge in [-0.05, 0) is 48.5 Å². The molecular weight excluding hydrogens is 316 g/mol. The summed E-state index contributed by atoms with van der Waals surface area (Å²) in [5, 5.41) is 3.90. The van der Waals surface area contributed by atoms with Gasteiger partial charge in [0.25, 0.3) is 5.91 Å². The first-order valence-corrected chi connectivity index (χ1v) is 7.71.